The minimum atomic E-state index is -0.767. The van der Waals surface area contributed by atoms with Crippen molar-refractivity contribution in [3.8, 4) is 5.75 Å². The van der Waals surface area contributed by atoms with Crippen molar-refractivity contribution in [1.82, 2.24) is 0 Å². The van der Waals surface area contributed by atoms with E-state index in [9.17, 15) is 8.78 Å². The van der Waals surface area contributed by atoms with E-state index < -0.39 is 12.5 Å². The maximum atomic E-state index is 15.0. The second-order valence-corrected chi connectivity index (χ2v) is 10.6. The summed E-state index contributed by atoms with van der Waals surface area (Å²) in [5, 5.41) is 0. The first kappa shape index (κ1) is 25.2. The van der Waals surface area contributed by atoms with Gasteiger partial charge in [0.2, 0.25) is 0 Å². The number of ether oxygens (including phenoxy) is 1. The summed E-state index contributed by atoms with van der Waals surface area (Å²) in [4.78, 5) is 0. The SMILES string of the molecule is CCCC1CCC(c2ccc(CCCCc3cc4c(c(F)c3CF)OC(CC)CC4)cc2)CC1. The molecule has 1 aliphatic carbocycles. The molecule has 2 aromatic rings. The molecule has 2 aromatic carbocycles. The predicted octanol–water partition coefficient (Wildman–Crippen LogP) is 9.04. The summed E-state index contributed by atoms with van der Waals surface area (Å²) in [6.45, 7) is 3.58. The van der Waals surface area contributed by atoms with Gasteiger partial charge in [0.05, 0.1) is 6.10 Å². The zero-order valence-corrected chi connectivity index (χ0v) is 21.2. The number of unbranched alkanes of at least 4 members (excludes halogenated alkanes) is 1. The highest BCUT2D eigenvalue weighted by molar-refractivity contribution is 5.45. The summed E-state index contributed by atoms with van der Waals surface area (Å²) in [5.41, 5.74) is 4.81. The standard InChI is InChI=1S/C31H42F2O/c1-3-7-22-10-14-24(15-11-22)25-16-12-23(13-17-25)8-5-6-9-26-20-27-18-19-28(4-2)34-31(27)30(33)29(26)21-32/h12-13,16-17,20,22,24,28H,3-11,14-15,18-19,21H2,1-2H3. The summed E-state index contributed by atoms with van der Waals surface area (Å²) in [7, 11) is 0. The average Bonchev–Trinajstić information content (AvgIpc) is 2.88. The monoisotopic (exact) mass is 468 g/mol. The van der Waals surface area contributed by atoms with Crippen LogP contribution in [0.5, 0.6) is 5.75 Å². The average molecular weight is 469 g/mol. The van der Waals surface area contributed by atoms with E-state index in [1.807, 2.05) is 13.0 Å². The number of hydrogen-bond acceptors (Lipinski definition) is 1. The number of halogens is 2. The Labute approximate surface area is 205 Å². The van der Waals surface area contributed by atoms with Crippen LogP contribution in [0.3, 0.4) is 0 Å². The molecule has 0 aromatic heterocycles. The summed E-state index contributed by atoms with van der Waals surface area (Å²) >= 11 is 0. The van der Waals surface area contributed by atoms with Crippen molar-refractivity contribution in [2.45, 2.75) is 116 Å². The fourth-order valence-corrected chi connectivity index (χ4v) is 6.09. The van der Waals surface area contributed by atoms with Crippen LogP contribution in [0.15, 0.2) is 30.3 Å². The van der Waals surface area contributed by atoms with Gasteiger partial charge in [-0.2, -0.15) is 0 Å². The maximum Gasteiger partial charge on any atom is 0.171 e. The van der Waals surface area contributed by atoms with E-state index in [1.54, 1.807) is 0 Å². The first-order chi connectivity index (χ1) is 16.6. The number of fused-ring (bicyclic) bond motifs is 1. The second kappa shape index (κ2) is 12.2. The normalized spacial score (nSPS) is 22.3. The lowest BCUT2D eigenvalue weighted by molar-refractivity contribution is 0.160. The third-order valence-electron chi connectivity index (χ3n) is 8.26. The molecule has 1 fully saturated rings. The van der Waals surface area contributed by atoms with Crippen molar-refractivity contribution in [2.24, 2.45) is 5.92 Å². The van der Waals surface area contributed by atoms with Crippen LogP contribution in [-0.2, 0) is 25.9 Å². The Morgan fingerprint density at radius 3 is 2.35 bits per heavy atom. The molecule has 1 aliphatic heterocycles. The Morgan fingerprint density at radius 2 is 1.68 bits per heavy atom. The topological polar surface area (TPSA) is 9.23 Å². The van der Waals surface area contributed by atoms with Crippen molar-refractivity contribution >= 4 is 0 Å². The fourth-order valence-electron chi connectivity index (χ4n) is 6.09. The minimum Gasteiger partial charge on any atom is -0.487 e. The quantitative estimate of drug-likeness (QED) is 0.316. The lowest BCUT2D eigenvalue weighted by Gasteiger charge is -2.28. The Bertz CT molecular complexity index is 912. The molecule has 0 bridgehead atoms. The van der Waals surface area contributed by atoms with Crippen molar-refractivity contribution in [3.63, 3.8) is 0 Å². The number of hydrogen-bond donors (Lipinski definition) is 0. The van der Waals surface area contributed by atoms with Crippen LogP contribution in [0.1, 0.15) is 112 Å². The Morgan fingerprint density at radius 1 is 0.941 bits per heavy atom. The van der Waals surface area contributed by atoms with E-state index in [2.05, 4.69) is 31.2 Å². The number of rotatable bonds is 10. The lowest BCUT2D eigenvalue weighted by atomic mass is 9.77. The van der Waals surface area contributed by atoms with Gasteiger partial charge in [0.25, 0.3) is 0 Å². The molecule has 1 heterocycles. The molecule has 0 N–H and O–H groups in total. The first-order valence-electron chi connectivity index (χ1n) is 13.8. The van der Waals surface area contributed by atoms with Gasteiger partial charge in [0, 0.05) is 5.56 Å². The first-order valence-corrected chi connectivity index (χ1v) is 13.8. The zero-order chi connectivity index (χ0) is 23.9. The molecule has 0 amide bonds. The molecule has 1 saturated carbocycles. The number of benzene rings is 2. The van der Waals surface area contributed by atoms with E-state index in [0.717, 1.165) is 67.9 Å². The summed E-state index contributed by atoms with van der Waals surface area (Å²) in [6, 6.07) is 11.3. The van der Waals surface area contributed by atoms with Gasteiger partial charge in [-0.1, -0.05) is 57.0 Å². The Hall–Kier alpha value is -1.90. The predicted molar refractivity (Wildman–Crippen MR) is 137 cm³/mol. The van der Waals surface area contributed by atoms with E-state index >= 15 is 0 Å². The van der Waals surface area contributed by atoms with Crippen LogP contribution < -0.4 is 4.74 Å². The van der Waals surface area contributed by atoms with Crippen molar-refractivity contribution in [2.75, 3.05) is 0 Å². The van der Waals surface area contributed by atoms with Gasteiger partial charge in [-0.15, -0.1) is 0 Å². The second-order valence-electron chi connectivity index (χ2n) is 10.6. The molecule has 34 heavy (non-hydrogen) atoms. The molecular formula is C31H42F2O. The Balaban J connectivity index is 1.28. The highest BCUT2D eigenvalue weighted by atomic mass is 19.1. The van der Waals surface area contributed by atoms with Crippen LogP contribution in [-0.4, -0.2) is 6.10 Å². The summed E-state index contributed by atoms with van der Waals surface area (Å²) < 4.78 is 34.5. The molecule has 3 heteroatoms. The van der Waals surface area contributed by atoms with Gasteiger partial charge in [-0.25, -0.2) is 8.78 Å². The van der Waals surface area contributed by atoms with E-state index in [4.69, 9.17) is 4.74 Å². The molecular weight excluding hydrogens is 426 g/mol. The van der Waals surface area contributed by atoms with E-state index in [-0.39, 0.29) is 11.7 Å². The van der Waals surface area contributed by atoms with Gasteiger partial charge < -0.3 is 4.74 Å². The highest BCUT2D eigenvalue weighted by Gasteiger charge is 2.26. The molecule has 4 rings (SSSR count). The number of aryl methyl sites for hydroxylation is 3. The molecule has 0 saturated heterocycles. The zero-order valence-electron chi connectivity index (χ0n) is 21.2. The molecule has 1 unspecified atom stereocenters. The van der Waals surface area contributed by atoms with Crippen LogP contribution in [0.2, 0.25) is 0 Å². The van der Waals surface area contributed by atoms with Gasteiger partial charge in [-0.3, -0.25) is 0 Å². The molecule has 186 valence electrons. The molecule has 1 atom stereocenters. The Kier molecular flexibility index (Phi) is 9.03. The fraction of sp³-hybridized carbons (Fsp3) is 0.613. The molecule has 0 radical (unpaired) electrons. The third kappa shape index (κ3) is 6.01. The summed E-state index contributed by atoms with van der Waals surface area (Å²) in [5.74, 6) is 1.51. The van der Waals surface area contributed by atoms with Gasteiger partial charge in [0.1, 0.15) is 6.67 Å². The number of alkyl halides is 1. The van der Waals surface area contributed by atoms with Crippen LogP contribution in [0.25, 0.3) is 0 Å². The van der Waals surface area contributed by atoms with Crippen LogP contribution in [0.4, 0.5) is 8.78 Å². The lowest BCUT2D eigenvalue weighted by Crippen LogP contribution is -2.23. The van der Waals surface area contributed by atoms with E-state index in [0.29, 0.717) is 5.75 Å². The van der Waals surface area contributed by atoms with Crippen LogP contribution in [0, 0.1) is 11.7 Å². The van der Waals surface area contributed by atoms with Crippen LogP contribution >= 0.6 is 0 Å². The smallest absolute Gasteiger partial charge is 0.171 e. The molecule has 2 aliphatic rings. The minimum absolute atomic E-state index is 0.0442. The maximum absolute atomic E-state index is 15.0. The van der Waals surface area contributed by atoms with Crippen molar-refractivity contribution in [1.29, 1.82) is 0 Å². The van der Waals surface area contributed by atoms with Crippen molar-refractivity contribution in [3.05, 3.63) is 64.0 Å². The van der Waals surface area contributed by atoms with Crippen molar-refractivity contribution < 1.29 is 13.5 Å². The largest absolute Gasteiger partial charge is 0.487 e. The van der Waals surface area contributed by atoms with E-state index in [1.165, 1.54) is 49.7 Å². The summed E-state index contributed by atoms with van der Waals surface area (Å²) in [6.07, 6.45) is 14.5. The van der Waals surface area contributed by atoms with Gasteiger partial charge in [-0.05, 0) is 105 Å². The third-order valence-corrected chi connectivity index (χ3v) is 8.26. The van der Waals surface area contributed by atoms with Gasteiger partial charge in [0.15, 0.2) is 11.6 Å². The highest BCUT2D eigenvalue weighted by Crippen LogP contribution is 2.38. The molecule has 0 spiro atoms. The molecule has 1 nitrogen and oxygen atoms in total. The van der Waals surface area contributed by atoms with Gasteiger partial charge >= 0.3 is 0 Å².